The Bertz CT molecular complexity index is 2690. The number of anilines is 2. The largest absolute Gasteiger partial charge is 0.433 e. The highest BCUT2D eigenvalue weighted by Gasteiger charge is 2.63. The van der Waals surface area contributed by atoms with Crippen LogP contribution in [0, 0.1) is 22.1 Å². The second kappa shape index (κ2) is 16.4. The number of carbonyl (C=O) groups excluding carboxylic acids is 5. The summed E-state index contributed by atoms with van der Waals surface area (Å²) in [6.45, 7) is 9.70. The molecule has 4 N–H and O–H groups in total. The van der Waals surface area contributed by atoms with Crippen LogP contribution in [0.15, 0.2) is 48.7 Å². The Kier molecular flexibility index (Phi) is 11.0. The van der Waals surface area contributed by atoms with E-state index < -0.39 is 64.0 Å². The summed E-state index contributed by atoms with van der Waals surface area (Å²) in [6.07, 6.45) is 3.14. The van der Waals surface area contributed by atoms with Gasteiger partial charge in [0.1, 0.15) is 17.6 Å². The summed E-state index contributed by atoms with van der Waals surface area (Å²) in [5, 5.41) is 12.5. The Balaban J connectivity index is 0.749. The minimum Gasteiger partial charge on any atom is -0.384 e. The lowest BCUT2D eigenvalue weighted by Gasteiger charge is -2.57. The van der Waals surface area contributed by atoms with E-state index in [4.69, 9.17) is 11.6 Å². The molecule has 5 amide bonds. The van der Waals surface area contributed by atoms with E-state index in [2.05, 4.69) is 56.8 Å². The van der Waals surface area contributed by atoms with Gasteiger partial charge < -0.3 is 30.7 Å². The number of pyridine rings is 1. The van der Waals surface area contributed by atoms with Crippen LogP contribution in [0.2, 0.25) is 5.02 Å². The average Bonchev–Trinajstić information content (AvgIpc) is 3.96. The number of nitrogens with zero attached hydrogens (tertiary/aromatic N) is 4. The van der Waals surface area contributed by atoms with Crippen LogP contribution in [0.1, 0.15) is 130 Å². The Hall–Kier alpha value is -5.29. The molecule has 12 rings (SSSR count). The summed E-state index contributed by atoms with van der Waals surface area (Å²) in [5.74, 6) is -2.59. The predicted molar refractivity (Wildman–Crippen MR) is 252 cm³/mol. The molecule has 5 atom stereocenters. The first-order chi connectivity index (χ1) is 33.1. The van der Waals surface area contributed by atoms with Gasteiger partial charge in [0.2, 0.25) is 23.6 Å². The topological polar surface area (TPSA) is 156 Å². The Labute approximate surface area is 409 Å². The molecular weight excluding hydrogens is 928 g/mol. The fourth-order valence-electron chi connectivity index (χ4n) is 13.9. The normalized spacial score (nSPS) is 31.1. The van der Waals surface area contributed by atoms with Crippen molar-refractivity contribution in [1.82, 2.24) is 30.7 Å². The molecule has 7 fully saturated rings. The van der Waals surface area contributed by atoms with Gasteiger partial charge in [-0.05, 0) is 111 Å². The number of hydrogen-bond donors (Lipinski definition) is 4. The van der Waals surface area contributed by atoms with Crippen LogP contribution in [-0.2, 0) is 37.3 Å². The van der Waals surface area contributed by atoms with Crippen molar-refractivity contribution in [2.75, 3.05) is 42.9 Å². The van der Waals surface area contributed by atoms with Gasteiger partial charge in [0, 0.05) is 108 Å². The first-order valence-corrected chi connectivity index (χ1v) is 25.2. The average molecular weight is 988 g/mol. The maximum absolute atomic E-state index is 16.4. The number of amides is 5. The van der Waals surface area contributed by atoms with Gasteiger partial charge in [-0.25, -0.2) is 4.39 Å². The van der Waals surface area contributed by atoms with Gasteiger partial charge in [-0.3, -0.25) is 34.3 Å². The van der Waals surface area contributed by atoms with Crippen LogP contribution in [0.3, 0.4) is 0 Å². The quantitative estimate of drug-likeness (QED) is 0.142. The molecule has 6 aliphatic heterocycles. The highest BCUT2D eigenvalue weighted by atomic mass is 35.5. The van der Waals surface area contributed by atoms with Gasteiger partial charge in [-0.15, -0.1) is 0 Å². The number of hydrogen-bond acceptors (Lipinski definition) is 9. The molecule has 18 heteroatoms. The summed E-state index contributed by atoms with van der Waals surface area (Å²) in [7, 11) is 0. The van der Waals surface area contributed by atoms with E-state index in [0.717, 1.165) is 43.2 Å². The molecule has 1 unspecified atom stereocenters. The minimum absolute atomic E-state index is 0.0877. The molecule has 3 aliphatic carbocycles. The fraction of sp³-hybridized carbons (Fsp3) is 0.577. The monoisotopic (exact) mass is 986 g/mol. The molecule has 372 valence electrons. The molecule has 2 aromatic carbocycles. The number of likely N-dealkylation sites (tertiary alicyclic amines) is 1. The maximum atomic E-state index is 16.4. The molecular formula is C52H59ClF4N8O5. The van der Waals surface area contributed by atoms with Crippen LogP contribution >= 0.6 is 11.6 Å². The second-order valence-electron chi connectivity index (χ2n) is 23.0. The summed E-state index contributed by atoms with van der Waals surface area (Å²) < 4.78 is 58.2. The standard InChI is InChI=1S/C52H59ClF4N8O5/c1-47(2,3)23-38-51(26-59-35-22-37(52(55,56)57)58-24-33(35)51)40(32-5-4-6-34(53)41(32)54)42(60-38)44(68)62-50-14-11-49(12-15-50,13-16-50)46(70)63-19-17-48(18-20-63)27-64(28-48)30-7-8-31-29(21-30)25-65(45(31)69)36-9-10-39(66)61-43(36)67/h4-8,21-22,24,36,38,40,42,59-60H,9-20,23,25-28H2,1-3H3,(H,62,68)(H,61,66,67)/t36?,38-,40-,42+,49?,50?,51-/m0/s1. The first kappa shape index (κ1) is 47.1. The number of alkyl halides is 3. The summed E-state index contributed by atoms with van der Waals surface area (Å²) in [4.78, 5) is 76.9. The van der Waals surface area contributed by atoms with Crippen LogP contribution in [0.25, 0.3) is 0 Å². The van der Waals surface area contributed by atoms with Crippen molar-refractivity contribution in [3.8, 4) is 0 Å². The number of nitrogens with one attached hydrogen (secondary N) is 4. The maximum Gasteiger partial charge on any atom is 0.433 e. The van der Waals surface area contributed by atoms with Gasteiger partial charge in [-0.2, -0.15) is 13.2 Å². The molecule has 3 aromatic rings. The Morgan fingerprint density at radius 2 is 1.66 bits per heavy atom. The smallest absolute Gasteiger partial charge is 0.384 e. The molecule has 0 radical (unpaired) electrons. The zero-order chi connectivity index (χ0) is 49.3. The minimum atomic E-state index is -4.67. The Morgan fingerprint density at radius 3 is 2.33 bits per heavy atom. The molecule has 9 aliphatic rings. The number of rotatable bonds is 7. The highest BCUT2D eigenvalue weighted by Crippen LogP contribution is 2.58. The van der Waals surface area contributed by atoms with Gasteiger partial charge in [0.25, 0.3) is 5.91 Å². The lowest BCUT2D eigenvalue weighted by atomic mass is 9.56. The third-order valence-corrected chi connectivity index (χ3v) is 18.0. The van der Waals surface area contributed by atoms with E-state index in [-0.39, 0.29) is 63.7 Å². The van der Waals surface area contributed by atoms with E-state index in [1.807, 2.05) is 18.2 Å². The first-order valence-electron chi connectivity index (χ1n) is 24.8. The molecule has 2 spiro atoms. The number of aromatic nitrogens is 1. The van der Waals surface area contributed by atoms with E-state index in [9.17, 15) is 32.3 Å². The third kappa shape index (κ3) is 7.65. The van der Waals surface area contributed by atoms with Gasteiger partial charge in [0.05, 0.1) is 11.1 Å². The van der Waals surface area contributed by atoms with Crippen LogP contribution < -0.4 is 26.2 Å². The molecule has 3 saturated carbocycles. The van der Waals surface area contributed by atoms with Crippen molar-refractivity contribution in [1.29, 1.82) is 0 Å². The molecule has 1 aromatic heterocycles. The SMILES string of the molecule is CC(C)(C)C[C@@H]1N[C@@H](C(=O)NC23CCC(C(=O)N4CCC5(CC4)CN(c4ccc6c(c4)CN(C4CCC(=O)NC4=O)C6=O)C5)(CC2)CC3)[C@H](c2cccc(Cl)c2F)[C@]12CNc1cc(C(F)(F)F)ncc12. The van der Waals surface area contributed by atoms with Gasteiger partial charge in [0.15, 0.2) is 0 Å². The van der Waals surface area contributed by atoms with Gasteiger partial charge in [-0.1, -0.05) is 44.5 Å². The predicted octanol–water partition coefficient (Wildman–Crippen LogP) is 7.22. The molecule has 13 nitrogen and oxygen atoms in total. The van der Waals surface area contributed by atoms with E-state index in [1.54, 1.807) is 17.0 Å². The number of carbonyl (C=O) groups is 5. The molecule has 70 heavy (non-hydrogen) atoms. The lowest BCUT2D eigenvalue weighted by Crippen LogP contribution is -2.64. The number of piperidine rings is 2. The van der Waals surface area contributed by atoms with E-state index >= 15 is 9.18 Å². The van der Waals surface area contributed by atoms with Crippen molar-refractivity contribution in [2.24, 2.45) is 16.2 Å². The Morgan fingerprint density at radius 1 is 0.943 bits per heavy atom. The lowest BCUT2D eigenvalue weighted by molar-refractivity contribution is -0.153. The molecule has 4 saturated heterocycles. The molecule has 2 bridgehead atoms. The molecule has 7 heterocycles. The van der Waals surface area contributed by atoms with E-state index in [1.165, 1.54) is 12.3 Å². The zero-order valence-electron chi connectivity index (χ0n) is 39.7. The van der Waals surface area contributed by atoms with Gasteiger partial charge >= 0.3 is 6.18 Å². The van der Waals surface area contributed by atoms with Crippen molar-refractivity contribution < 1.29 is 41.5 Å². The number of fused-ring (bicyclic) bond motifs is 6. The van der Waals surface area contributed by atoms with Crippen LogP contribution in [-0.4, -0.2) is 101 Å². The van der Waals surface area contributed by atoms with Crippen LogP contribution in [0.4, 0.5) is 28.9 Å². The van der Waals surface area contributed by atoms with E-state index in [0.29, 0.717) is 82.1 Å². The summed E-state index contributed by atoms with van der Waals surface area (Å²) in [5.41, 5.74) is 0.0694. The fourth-order valence-corrected chi connectivity index (χ4v) is 14.1. The zero-order valence-corrected chi connectivity index (χ0v) is 40.4. The van der Waals surface area contributed by atoms with Crippen molar-refractivity contribution in [3.05, 3.63) is 87.4 Å². The number of benzene rings is 2. The number of halogens is 5. The third-order valence-electron chi connectivity index (χ3n) is 17.7. The number of imide groups is 1. The van der Waals surface area contributed by atoms with Crippen molar-refractivity contribution >= 4 is 52.5 Å². The van der Waals surface area contributed by atoms with Crippen molar-refractivity contribution in [2.45, 2.75) is 139 Å². The second-order valence-corrected chi connectivity index (χ2v) is 23.4. The van der Waals surface area contributed by atoms with Crippen molar-refractivity contribution in [3.63, 3.8) is 0 Å². The van der Waals surface area contributed by atoms with Crippen LogP contribution in [0.5, 0.6) is 0 Å². The summed E-state index contributed by atoms with van der Waals surface area (Å²) in [6, 6.07) is 9.46. The highest BCUT2D eigenvalue weighted by molar-refractivity contribution is 6.30. The summed E-state index contributed by atoms with van der Waals surface area (Å²) >= 11 is 6.42.